The molecule has 0 spiro atoms. The zero-order chi connectivity index (χ0) is 40.1. The van der Waals surface area contributed by atoms with Crippen molar-refractivity contribution in [2.24, 2.45) is 0 Å². The number of hydrogen-bond donors (Lipinski definition) is 0. The third kappa shape index (κ3) is 13.2. The molecule has 1 aliphatic heterocycles. The van der Waals surface area contributed by atoms with Gasteiger partial charge in [0, 0.05) is 53.7 Å². The maximum absolute atomic E-state index is 14.7. The molecule has 2 aromatic heterocycles. The molecule has 2 aromatic rings. The molecule has 3 rings (SSSR count). The number of rotatable bonds is 21. The Morgan fingerprint density at radius 2 is 1.65 bits per heavy atom. The summed E-state index contributed by atoms with van der Waals surface area (Å²) in [6, 6.07) is 10.4. The number of nitriles is 1. The summed E-state index contributed by atoms with van der Waals surface area (Å²) in [5.74, 6) is -0.0450. The molecular weight excluding hydrogens is 738 g/mol. The van der Waals surface area contributed by atoms with Gasteiger partial charge in [0.2, 0.25) is 5.91 Å². The van der Waals surface area contributed by atoms with Gasteiger partial charge in [0.1, 0.15) is 37.0 Å². The fourth-order valence-electron chi connectivity index (χ4n) is 6.24. The Morgan fingerprint density at radius 3 is 2.20 bits per heavy atom. The quantitative estimate of drug-likeness (QED) is 0.0966. The van der Waals surface area contributed by atoms with Crippen LogP contribution >= 0.6 is 0 Å². The smallest absolute Gasteiger partial charge is 0.425 e. The maximum atomic E-state index is 14.7. The topological polar surface area (TPSA) is 132 Å². The SMILES string of the molecule is CC[Si](CC)(CC)CCOC(C)c1nn(COCC[Si](C)(C)C)c(=O)c(C(F)(F)F)c1OCC(C)OCCC(=O)N1CCN(c2ccc(C#N)cn2)CC1. The van der Waals surface area contributed by atoms with Crippen LogP contribution in [-0.4, -0.2) is 100 Å². The van der Waals surface area contributed by atoms with Crippen molar-refractivity contribution >= 4 is 27.9 Å². The van der Waals surface area contributed by atoms with Gasteiger partial charge in [-0.1, -0.05) is 58.5 Å². The van der Waals surface area contributed by atoms with Gasteiger partial charge in [0.05, 0.1) is 32.8 Å². The van der Waals surface area contributed by atoms with Crippen LogP contribution in [0.4, 0.5) is 19.0 Å². The van der Waals surface area contributed by atoms with Crippen molar-refractivity contribution < 1.29 is 36.9 Å². The molecule has 54 heavy (non-hydrogen) atoms. The summed E-state index contributed by atoms with van der Waals surface area (Å²) in [5.41, 5.74) is -2.48. The van der Waals surface area contributed by atoms with Crippen molar-refractivity contribution in [3.63, 3.8) is 0 Å². The van der Waals surface area contributed by atoms with Gasteiger partial charge < -0.3 is 28.7 Å². The van der Waals surface area contributed by atoms with Gasteiger partial charge in [-0.15, -0.1) is 0 Å². The van der Waals surface area contributed by atoms with Crippen molar-refractivity contribution in [3.05, 3.63) is 45.5 Å². The average molecular weight is 797 g/mol. The van der Waals surface area contributed by atoms with Crippen LogP contribution in [0.15, 0.2) is 23.1 Å². The lowest BCUT2D eigenvalue weighted by Gasteiger charge is -2.35. The number of anilines is 1. The van der Waals surface area contributed by atoms with E-state index in [-0.39, 0.29) is 31.2 Å². The molecule has 302 valence electrons. The lowest BCUT2D eigenvalue weighted by molar-refractivity contribution is -0.141. The van der Waals surface area contributed by atoms with Gasteiger partial charge in [-0.3, -0.25) is 9.59 Å². The standard InChI is InChI=1S/C37H59F3N6O6Si2/c1-9-54(10-2,11-3)23-21-51-29(5)34-35(33(37(38,39)40)36(48)46(43-34)27-49-20-22-53(6,7)8)52-26-28(4)50-19-14-32(47)45-17-15-44(16-18-45)31-13-12-30(24-41)25-42-31/h12-13,25,28-29H,9-11,14-23,26-27H2,1-8H3. The Labute approximate surface area is 319 Å². The molecule has 3 heterocycles. The van der Waals surface area contributed by atoms with E-state index in [9.17, 15) is 22.8 Å². The number of amides is 1. The molecule has 0 saturated carbocycles. The summed E-state index contributed by atoms with van der Waals surface area (Å²) >= 11 is 0. The van der Waals surface area contributed by atoms with Crippen molar-refractivity contribution in [3.8, 4) is 11.8 Å². The summed E-state index contributed by atoms with van der Waals surface area (Å²) in [6.07, 6.45) is -5.07. The first-order valence-electron chi connectivity index (χ1n) is 19.0. The van der Waals surface area contributed by atoms with E-state index < -0.39 is 58.1 Å². The highest BCUT2D eigenvalue weighted by atomic mass is 28.3. The fraction of sp³-hybridized carbons (Fsp3) is 0.703. The maximum Gasteiger partial charge on any atom is 0.425 e. The van der Waals surface area contributed by atoms with Gasteiger partial charge in [0.25, 0.3) is 5.56 Å². The normalized spacial score (nSPS) is 15.2. The molecule has 0 bridgehead atoms. The molecule has 2 unspecified atom stereocenters. The summed E-state index contributed by atoms with van der Waals surface area (Å²) in [5, 5.41) is 13.3. The number of halogens is 3. The number of pyridine rings is 1. The van der Waals surface area contributed by atoms with E-state index in [0.717, 1.165) is 36.0 Å². The van der Waals surface area contributed by atoms with Crippen LogP contribution in [0, 0.1) is 11.3 Å². The Kier molecular flexibility index (Phi) is 17.2. The zero-order valence-corrected chi connectivity index (χ0v) is 35.3. The number of ether oxygens (including phenoxy) is 4. The highest BCUT2D eigenvalue weighted by molar-refractivity contribution is 6.79. The third-order valence-corrected chi connectivity index (χ3v) is 17.7. The molecule has 0 N–H and O–H groups in total. The summed E-state index contributed by atoms with van der Waals surface area (Å²) in [4.78, 5) is 34.4. The fourth-order valence-corrected chi connectivity index (χ4v) is 10.1. The van der Waals surface area contributed by atoms with Gasteiger partial charge in [-0.25, -0.2) is 9.67 Å². The number of piperazine rings is 1. The Balaban J connectivity index is 1.69. The van der Waals surface area contributed by atoms with E-state index in [4.69, 9.17) is 24.2 Å². The van der Waals surface area contributed by atoms with Crippen LogP contribution < -0.4 is 15.2 Å². The first-order valence-corrected chi connectivity index (χ1v) is 25.6. The van der Waals surface area contributed by atoms with E-state index in [1.54, 1.807) is 30.9 Å². The second-order valence-corrected chi connectivity index (χ2v) is 26.4. The first-order chi connectivity index (χ1) is 25.5. The molecule has 0 aromatic carbocycles. The van der Waals surface area contributed by atoms with E-state index >= 15 is 0 Å². The van der Waals surface area contributed by atoms with Crippen LogP contribution in [-0.2, 0) is 31.9 Å². The summed E-state index contributed by atoms with van der Waals surface area (Å²) in [6.45, 7) is 18.3. The Hall–Kier alpha value is -3.31. The van der Waals surface area contributed by atoms with E-state index in [0.29, 0.717) is 49.6 Å². The predicted molar refractivity (Wildman–Crippen MR) is 207 cm³/mol. The molecule has 1 saturated heterocycles. The van der Waals surface area contributed by atoms with Gasteiger partial charge in [-0.2, -0.15) is 23.5 Å². The molecule has 12 nitrogen and oxygen atoms in total. The van der Waals surface area contributed by atoms with Crippen LogP contribution in [0.2, 0.25) is 49.9 Å². The molecule has 1 amide bonds. The third-order valence-electron chi connectivity index (χ3n) is 10.3. The van der Waals surface area contributed by atoms with Crippen molar-refractivity contribution in [1.82, 2.24) is 19.7 Å². The molecular formula is C37H59F3N6O6Si2. The average Bonchev–Trinajstić information content (AvgIpc) is 3.14. The van der Waals surface area contributed by atoms with Crippen molar-refractivity contribution in [2.45, 2.75) is 116 Å². The first kappa shape index (κ1) is 45.1. The molecule has 17 heteroatoms. The van der Waals surface area contributed by atoms with Gasteiger partial charge in [-0.05, 0) is 38.1 Å². The van der Waals surface area contributed by atoms with E-state index in [1.165, 1.54) is 6.20 Å². The second kappa shape index (κ2) is 20.6. The van der Waals surface area contributed by atoms with Crippen LogP contribution in [0.3, 0.4) is 0 Å². The van der Waals surface area contributed by atoms with E-state index in [1.807, 2.05) is 11.0 Å². The molecule has 0 radical (unpaired) electrons. The Morgan fingerprint density at radius 1 is 0.981 bits per heavy atom. The number of carbonyl (C=O) groups excluding carboxylic acids is 1. The molecule has 1 fully saturated rings. The molecule has 1 aliphatic rings. The lowest BCUT2D eigenvalue weighted by atomic mass is 10.1. The predicted octanol–water partition coefficient (Wildman–Crippen LogP) is 6.95. The van der Waals surface area contributed by atoms with E-state index in [2.05, 4.69) is 50.5 Å². The molecule has 2 atom stereocenters. The number of carbonyl (C=O) groups is 1. The highest BCUT2D eigenvalue weighted by Crippen LogP contribution is 2.38. The van der Waals surface area contributed by atoms with Crippen LogP contribution in [0.1, 0.15) is 64.0 Å². The minimum Gasteiger partial charge on any atom is -0.488 e. The number of nitrogens with zero attached hydrogens (tertiary/aromatic N) is 6. The molecule has 0 aliphatic carbocycles. The monoisotopic (exact) mass is 796 g/mol. The highest BCUT2D eigenvalue weighted by Gasteiger charge is 2.42. The Bertz CT molecular complexity index is 1580. The number of aromatic nitrogens is 3. The number of alkyl halides is 3. The van der Waals surface area contributed by atoms with Crippen LogP contribution in [0.25, 0.3) is 0 Å². The zero-order valence-electron chi connectivity index (χ0n) is 33.3. The minimum atomic E-state index is -5.05. The second-order valence-electron chi connectivity index (χ2n) is 15.2. The van der Waals surface area contributed by atoms with Crippen molar-refractivity contribution in [1.29, 1.82) is 5.26 Å². The van der Waals surface area contributed by atoms with Crippen LogP contribution in [0.5, 0.6) is 5.75 Å². The minimum absolute atomic E-state index is 0.0335. The number of hydrogen-bond acceptors (Lipinski definition) is 10. The largest absolute Gasteiger partial charge is 0.488 e. The summed E-state index contributed by atoms with van der Waals surface area (Å²) in [7, 11) is -3.05. The lowest BCUT2D eigenvalue weighted by Crippen LogP contribution is -2.49. The summed E-state index contributed by atoms with van der Waals surface area (Å²) < 4.78 is 68.1. The van der Waals surface area contributed by atoms with Gasteiger partial charge >= 0.3 is 6.18 Å². The van der Waals surface area contributed by atoms with Crippen molar-refractivity contribution in [2.75, 3.05) is 57.5 Å². The van der Waals surface area contributed by atoms with Gasteiger partial charge in [0.15, 0.2) is 11.3 Å².